The lowest BCUT2D eigenvalue weighted by molar-refractivity contribution is -0.0643. The second-order valence-electron chi connectivity index (χ2n) is 6.09. The van der Waals surface area contributed by atoms with Crippen molar-refractivity contribution in [3.63, 3.8) is 0 Å². The topological polar surface area (TPSA) is 18.5 Å². The third-order valence-electron chi connectivity index (χ3n) is 4.05. The second kappa shape index (κ2) is 7.23. The summed E-state index contributed by atoms with van der Waals surface area (Å²) in [6.45, 7) is 8.21. The molecule has 112 valence electrons. The number of hydrogen-bond donors (Lipinski definition) is 0. The monoisotopic (exact) mass is 388 g/mol. The first kappa shape index (κ1) is 16.2. The Balaban J connectivity index is 2.04. The van der Waals surface area contributed by atoms with Crippen LogP contribution in [0, 0.1) is 0 Å². The molecule has 20 heavy (non-hydrogen) atoms. The Bertz CT molecular complexity index is 410. The molecule has 0 spiro atoms. The molecule has 0 N–H and O–H groups in total. The SMILES string of the molecule is CC(C)c1ccc(C(C)(CI)OCC2CCCO2)cc1. The fourth-order valence-electron chi connectivity index (χ4n) is 2.47. The first-order valence-electron chi connectivity index (χ1n) is 7.47. The lowest BCUT2D eigenvalue weighted by atomic mass is 9.94. The van der Waals surface area contributed by atoms with Gasteiger partial charge in [-0.2, -0.15) is 0 Å². The average molecular weight is 388 g/mol. The molecule has 1 fully saturated rings. The van der Waals surface area contributed by atoms with Crippen LogP contribution in [0.1, 0.15) is 50.7 Å². The van der Waals surface area contributed by atoms with Crippen LogP contribution in [0.25, 0.3) is 0 Å². The number of rotatable bonds is 6. The highest BCUT2D eigenvalue weighted by molar-refractivity contribution is 14.1. The molecule has 1 saturated heterocycles. The van der Waals surface area contributed by atoms with Crippen LogP contribution >= 0.6 is 22.6 Å². The Morgan fingerprint density at radius 1 is 1.35 bits per heavy atom. The Hall–Kier alpha value is -0.130. The summed E-state index contributed by atoms with van der Waals surface area (Å²) in [5.74, 6) is 0.572. The van der Waals surface area contributed by atoms with Crippen molar-refractivity contribution in [1.82, 2.24) is 0 Å². The van der Waals surface area contributed by atoms with Gasteiger partial charge in [-0.25, -0.2) is 0 Å². The Labute approximate surface area is 136 Å². The summed E-state index contributed by atoms with van der Waals surface area (Å²) in [4.78, 5) is 0. The van der Waals surface area contributed by atoms with Crippen LogP contribution < -0.4 is 0 Å². The fourth-order valence-corrected chi connectivity index (χ4v) is 3.13. The molecule has 2 rings (SSSR count). The van der Waals surface area contributed by atoms with E-state index in [1.165, 1.54) is 11.1 Å². The smallest absolute Gasteiger partial charge is 0.0993 e. The average Bonchev–Trinajstić information content (AvgIpc) is 2.98. The van der Waals surface area contributed by atoms with E-state index in [2.05, 4.69) is 67.6 Å². The van der Waals surface area contributed by atoms with Crippen LogP contribution in [-0.4, -0.2) is 23.7 Å². The van der Waals surface area contributed by atoms with Crippen LogP contribution in [0.4, 0.5) is 0 Å². The van der Waals surface area contributed by atoms with Gasteiger partial charge >= 0.3 is 0 Å². The van der Waals surface area contributed by atoms with Crippen LogP contribution in [0.3, 0.4) is 0 Å². The van der Waals surface area contributed by atoms with Crippen molar-refractivity contribution in [2.45, 2.75) is 51.2 Å². The predicted molar refractivity (Wildman–Crippen MR) is 91.7 cm³/mol. The lowest BCUT2D eigenvalue weighted by Crippen LogP contribution is -2.31. The Kier molecular flexibility index (Phi) is 5.87. The van der Waals surface area contributed by atoms with Gasteiger partial charge in [0.25, 0.3) is 0 Å². The van der Waals surface area contributed by atoms with Gasteiger partial charge < -0.3 is 9.47 Å². The number of halogens is 1. The molecule has 3 heteroatoms. The lowest BCUT2D eigenvalue weighted by Gasteiger charge is -2.30. The van der Waals surface area contributed by atoms with Gasteiger partial charge in [-0.05, 0) is 36.8 Å². The molecule has 1 aromatic rings. The molecule has 2 unspecified atom stereocenters. The Morgan fingerprint density at radius 2 is 2.05 bits per heavy atom. The number of benzene rings is 1. The van der Waals surface area contributed by atoms with Crippen LogP contribution in [0.15, 0.2) is 24.3 Å². The maximum Gasteiger partial charge on any atom is 0.0993 e. The quantitative estimate of drug-likeness (QED) is 0.522. The number of alkyl halides is 1. The summed E-state index contributed by atoms with van der Waals surface area (Å²) < 4.78 is 12.8. The zero-order valence-corrected chi connectivity index (χ0v) is 14.9. The molecule has 1 aliphatic heterocycles. The third kappa shape index (κ3) is 3.95. The molecule has 0 saturated carbocycles. The van der Waals surface area contributed by atoms with Crippen molar-refractivity contribution in [3.8, 4) is 0 Å². The van der Waals surface area contributed by atoms with E-state index in [1.807, 2.05) is 0 Å². The van der Waals surface area contributed by atoms with Gasteiger partial charge in [-0.3, -0.25) is 0 Å². The zero-order chi connectivity index (χ0) is 14.6. The van der Waals surface area contributed by atoms with Gasteiger partial charge in [0.05, 0.1) is 18.3 Å². The summed E-state index contributed by atoms with van der Waals surface area (Å²) in [7, 11) is 0. The van der Waals surface area contributed by atoms with Crippen LogP contribution in [0.2, 0.25) is 0 Å². The third-order valence-corrected chi connectivity index (χ3v) is 5.51. The van der Waals surface area contributed by atoms with Crippen LogP contribution in [0.5, 0.6) is 0 Å². The zero-order valence-electron chi connectivity index (χ0n) is 12.7. The highest BCUT2D eigenvalue weighted by atomic mass is 127. The molecule has 1 heterocycles. The van der Waals surface area contributed by atoms with E-state index >= 15 is 0 Å². The largest absolute Gasteiger partial charge is 0.376 e. The van der Waals surface area contributed by atoms with Gasteiger partial charge in [0.1, 0.15) is 0 Å². The van der Waals surface area contributed by atoms with Crippen molar-refractivity contribution in [3.05, 3.63) is 35.4 Å². The van der Waals surface area contributed by atoms with Gasteiger partial charge in [-0.15, -0.1) is 0 Å². The fraction of sp³-hybridized carbons (Fsp3) is 0.647. The predicted octanol–water partition coefficient (Wildman–Crippen LogP) is 4.66. The summed E-state index contributed by atoms with van der Waals surface area (Å²) in [5, 5.41) is 0. The maximum absolute atomic E-state index is 6.22. The normalized spacial score (nSPS) is 22.1. The minimum atomic E-state index is -0.220. The van der Waals surface area contributed by atoms with E-state index in [9.17, 15) is 0 Å². The number of hydrogen-bond acceptors (Lipinski definition) is 2. The first-order chi connectivity index (χ1) is 9.55. The van der Waals surface area contributed by atoms with Gasteiger partial charge in [-0.1, -0.05) is 60.7 Å². The highest BCUT2D eigenvalue weighted by Gasteiger charge is 2.28. The van der Waals surface area contributed by atoms with E-state index in [0.29, 0.717) is 12.5 Å². The van der Waals surface area contributed by atoms with Crippen molar-refractivity contribution in [2.24, 2.45) is 0 Å². The van der Waals surface area contributed by atoms with Crippen molar-refractivity contribution < 1.29 is 9.47 Å². The summed E-state index contributed by atoms with van der Waals surface area (Å²) in [6.07, 6.45) is 2.58. The first-order valence-corrected chi connectivity index (χ1v) is 8.99. The minimum Gasteiger partial charge on any atom is -0.376 e. The van der Waals surface area contributed by atoms with E-state index in [-0.39, 0.29) is 11.7 Å². The van der Waals surface area contributed by atoms with Crippen molar-refractivity contribution >= 4 is 22.6 Å². The van der Waals surface area contributed by atoms with E-state index in [0.717, 1.165) is 23.9 Å². The van der Waals surface area contributed by atoms with Gasteiger partial charge in [0, 0.05) is 11.0 Å². The molecule has 0 amide bonds. The molecule has 0 bridgehead atoms. The van der Waals surface area contributed by atoms with E-state index < -0.39 is 0 Å². The molecule has 1 aromatic carbocycles. The van der Waals surface area contributed by atoms with Gasteiger partial charge in [0.15, 0.2) is 0 Å². The molecule has 2 nitrogen and oxygen atoms in total. The summed E-state index contributed by atoms with van der Waals surface area (Å²) >= 11 is 2.41. The molecule has 2 atom stereocenters. The number of ether oxygens (including phenoxy) is 2. The molecule has 0 aromatic heterocycles. The highest BCUT2D eigenvalue weighted by Crippen LogP contribution is 2.30. The molecule has 0 radical (unpaired) electrons. The Morgan fingerprint density at radius 3 is 2.55 bits per heavy atom. The van der Waals surface area contributed by atoms with E-state index in [4.69, 9.17) is 9.47 Å². The van der Waals surface area contributed by atoms with Crippen molar-refractivity contribution in [1.29, 1.82) is 0 Å². The molecular formula is C17H25IO2. The maximum atomic E-state index is 6.22. The van der Waals surface area contributed by atoms with E-state index in [1.54, 1.807) is 0 Å². The molecular weight excluding hydrogens is 363 g/mol. The second-order valence-corrected chi connectivity index (χ2v) is 6.85. The standard InChI is InChI=1S/C17H25IO2/c1-13(2)14-6-8-15(9-7-14)17(3,12-18)20-11-16-5-4-10-19-16/h6-9,13,16H,4-5,10-12H2,1-3H3. The van der Waals surface area contributed by atoms with Crippen molar-refractivity contribution in [2.75, 3.05) is 17.6 Å². The summed E-state index contributed by atoms with van der Waals surface area (Å²) in [5.41, 5.74) is 2.42. The minimum absolute atomic E-state index is 0.220. The van der Waals surface area contributed by atoms with Crippen LogP contribution in [-0.2, 0) is 15.1 Å². The van der Waals surface area contributed by atoms with Gasteiger partial charge in [0.2, 0.25) is 0 Å². The molecule has 0 aliphatic carbocycles. The summed E-state index contributed by atoms with van der Waals surface area (Å²) in [6, 6.07) is 8.87. The molecule has 1 aliphatic rings.